The minimum Gasteiger partial charge on any atom is -0.380 e. The molecular formula is C12H14F2N2O2. The van der Waals surface area contributed by atoms with Crippen molar-refractivity contribution in [2.45, 2.75) is 31.3 Å². The van der Waals surface area contributed by atoms with Crippen LogP contribution in [0.1, 0.15) is 25.7 Å². The molecule has 1 saturated carbocycles. The molecule has 1 amide bonds. The second-order valence-corrected chi connectivity index (χ2v) is 4.44. The van der Waals surface area contributed by atoms with E-state index in [0.717, 1.165) is 18.9 Å². The highest BCUT2D eigenvalue weighted by Gasteiger charge is 2.38. The zero-order valence-electron chi connectivity index (χ0n) is 9.67. The molecule has 4 nitrogen and oxygen atoms in total. The first-order valence-corrected chi connectivity index (χ1v) is 5.75. The topological polar surface area (TPSA) is 61.4 Å². The Morgan fingerprint density at radius 1 is 1.28 bits per heavy atom. The van der Waals surface area contributed by atoms with Gasteiger partial charge in [0.15, 0.2) is 5.82 Å². The van der Waals surface area contributed by atoms with Gasteiger partial charge in [-0.3, -0.25) is 15.6 Å². The highest BCUT2D eigenvalue weighted by molar-refractivity contribution is 5.86. The molecule has 2 rings (SSSR count). The number of benzene rings is 1. The van der Waals surface area contributed by atoms with E-state index in [1.807, 2.05) is 0 Å². The summed E-state index contributed by atoms with van der Waals surface area (Å²) in [5, 5.41) is 9.95. The van der Waals surface area contributed by atoms with E-state index in [4.69, 9.17) is 0 Å². The first kappa shape index (κ1) is 12.8. The summed E-state index contributed by atoms with van der Waals surface area (Å²) in [7, 11) is 0. The summed E-state index contributed by atoms with van der Waals surface area (Å²) in [5.74, 6) is -2.10. The van der Waals surface area contributed by atoms with Crippen LogP contribution in [-0.4, -0.2) is 16.6 Å². The van der Waals surface area contributed by atoms with E-state index >= 15 is 0 Å². The van der Waals surface area contributed by atoms with Gasteiger partial charge in [0.05, 0.1) is 5.69 Å². The van der Waals surface area contributed by atoms with E-state index in [1.54, 1.807) is 0 Å². The summed E-state index contributed by atoms with van der Waals surface area (Å²) >= 11 is 0. The summed E-state index contributed by atoms with van der Waals surface area (Å²) < 4.78 is 25.9. The largest absolute Gasteiger partial charge is 0.380 e. The van der Waals surface area contributed by atoms with E-state index < -0.39 is 23.1 Å². The number of hydrogen-bond acceptors (Lipinski definition) is 3. The lowest BCUT2D eigenvalue weighted by molar-refractivity contribution is -0.138. The van der Waals surface area contributed by atoms with Gasteiger partial charge in [0, 0.05) is 6.07 Å². The van der Waals surface area contributed by atoms with Crippen LogP contribution in [0.4, 0.5) is 14.5 Å². The lowest BCUT2D eigenvalue weighted by Crippen LogP contribution is -2.47. The highest BCUT2D eigenvalue weighted by atomic mass is 19.1. The van der Waals surface area contributed by atoms with Crippen LogP contribution >= 0.6 is 0 Å². The number of carbonyl (C=O) groups excluding carboxylic acids is 1. The SMILES string of the molecule is O=C(NNc1ccc(F)cc1F)C1(O)CCCC1. The predicted molar refractivity (Wildman–Crippen MR) is 61.5 cm³/mol. The summed E-state index contributed by atoms with van der Waals surface area (Å²) in [6.07, 6.45) is 2.36. The van der Waals surface area contributed by atoms with Crippen molar-refractivity contribution in [1.29, 1.82) is 0 Å². The van der Waals surface area contributed by atoms with Gasteiger partial charge in [-0.25, -0.2) is 8.78 Å². The molecule has 0 saturated heterocycles. The molecule has 6 heteroatoms. The van der Waals surface area contributed by atoms with Gasteiger partial charge in [-0.15, -0.1) is 0 Å². The number of hydrazine groups is 1. The van der Waals surface area contributed by atoms with Crippen LogP contribution in [0.3, 0.4) is 0 Å². The van der Waals surface area contributed by atoms with Crippen molar-refractivity contribution in [2.24, 2.45) is 0 Å². The maximum absolute atomic E-state index is 13.3. The lowest BCUT2D eigenvalue weighted by atomic mass is 10.0. The molecule has 3 N–H and O–H groups in total. The average molecular weight is 256 g/mol. The molecule has 1 aliphatic rings. The fourth-order valence-electron chi connectivity index (χ4n) is 2.02. The Kier molecular flexibility index (Phi) is 3.47. The molecule has 0 radical (unpaired) electrons. The average Bonchev–Trinajstić information content (AvgIpc) is 2.76. The maximum atomic E-state index is 13.3. The van der Waals surface area contributed by atoms with Gasteiger partial charge >= 0.3 is 0 Å². The molecule has 0 bridgehead atoms. The fourth-order valence-corrected chi connectivity index (χ4v) is 2.02. The minimum absolute atomic E-state index is 0.0497. The zero-order valence-corrected chi connectivity index (χ0v) is 9.67. The third-order valence-corrected chi connectivity index (χ3v) is 3.10. The highest BCUT2D eigenvalue weighted by Crippen LogP contribution is 2.29. The second kappa shape index (κ2) is 4.89. The molecule has 1 aromatic rings. The lowest BCUT2D eigenvalue weighted by Gasteiger charge is -2.21. The standard InChI is InChI=1S/C12H14F2N2O2/c13-8-3-4-10(9(14)7-8)15-16-11(17)12(18)5-1-2-6-12/h3-4,7,15,18H,1-2,5-6H2,(H,16,17). The molecule has 1 aromatic carbocycles. The second-order valence-electron chi connectivity index (χ2n) is 4.44. The van der Waals surface area contributed by atoms with Crippen molar-refractivity contribution in [3.8, 4) is 0 Å². The van der Waals surface area contributed by atoms with E-state index in [-0.39, 0.29) is 5.69 Å². The van der Waals surface area contributed by atoms with Gasteiger partial charge in [0.1, 0.15) is 11.4 Å². The number of aliphatic hydroxyl groups is 1. The van der Waals surface area contributed by atoms with Gasteiger partial charge in [-0.1, -0.05) is 0 Å². The third-order valence-electron chi connectivity index (χ3n) is 3.10. The van der Waals surface area contributed by atoms with Crippen molar-refractivity contribution in [2.75, 3.05) is 5.43 Å². The number of halogens is 2. The molecule has 0 aliphatic heterocycles. The van der Waals surface area contributed by atoms with E-state index in [0.29, 0.717) is 18.9 Å². The van der Waals surface area contributed by atoms with Crippen molar-refractivity contribution in [3.63, 3.8) is 0 Å². The number of hydrogen-bond donors (Lipinski definition) is 3. The maximum Gasteiger partial charge on any atom is 0.270 e. The summed E-state index contributed by atoms with van der Waals surface area (Å²) in [6, 6.07) is 2.95. The van der Waals surface area contributed by atoms with Gasteiger partial charge in [0.25, 0.3) is 5.91 Å². The molecule has 1 fully saturated rings. The molecule has 1 aliphatic carbocycles. The van der Waals surface area contributed by atoms with Crippen LogP contribution in [0.15, 0.2) is 18.2 Å². The van der Waals surface area contributed by atoms with Crippen molar-refractivity contribution < 1.29 is 18.7 Å². The van der Waals surface area contributed by atoms with Crippen LogP contribution in [0.5, 0.6) is 0 Å². The first-order valence-electron chi connectivity index (χ1n) is 5.75. The van der Waals surface area contributed by atoms with Gasteiger partial charge in [-0.05, 0) is 37.8 Å². The number of nitrogens with one attached hydrogen (secondary N) is 2. The fraction of sp³-hybridized carbons (Fsp3) is 0.417. The summed E-state index contributed by atoms with van der Waals surface area (Å²) in [5.41, 5.74) is 3.15. The minimum atomic E-state index is -1.39. The number of anilines is 1. The summed E-state index contributed by atoms with van der Waals surface area (Å²) in [6.45, 7) is 0. The van der Waals surface area contributed by atoms with E-state index in [9.17, 15) is 18.7 Å². The smallest absolute Gasteiger partial charge is 0.270 e. The Morgan fingerprint density at radius 2 is 1.94 bits per heavy atom. The molecular weight excluding hydrogens is 242 g/mol. The zero-order chi connectivity index (χ0) is 13.2. The van der Waals surface area contributed by atoms with E-state index in [1.165, 1.54) is 6.07 Å². The van der Waals surface area contributed by atoms with Crippen LogP contribution < -0.4 is 10.9 Å². The van der Waals surface area contributed by atoms with Crippen LogP contribution in [-0.2, 0) is 4.79 Å². The Balaban J connectivity index is 1.97. The first-order chi connectivity index (χ1) is 8.51. The molecule has 0 unspecified atom stereocenters. The Labute approximate surface area is 103 Å². The van der Waals surface area contributed by atoms with Crippen LogP contribution in [0, 0.1) is 11.6 Å². The normalized spacial score (nSPS) is 17.5. The van der Waals surface area contributed by atoms with Crippen molar-refractivity contribution >= 4 is 11.6 Å². The van der Waals surface area contributed by atoms with Crippen molar-refractivity contribution in [3.05, 3.63) is 29.8 Å². The Morgan fingerprint density at radius 3 is 2.56 bits per heavy atom. The van der Waals surface area contributed by atoms with Gasteiger partial charge in [-0.2, -0.15) is 0 Å². The number of amides is 1. The molecule has 0 atom stereocenters. The van der Waals surface area contributed by atoms with Gasteiger partial charge in [0.2, 0.25) is 0 Å². The number of rotatable bonds is 3. The molecule has 0 heterocycles. The quantitative estimate of drug-likeness (QED) is 0.721. The molecule has 98 valence electrons. The Hall–Kier alpha value is -1.69. The van der Waals surface area contributed by atoms with Gasteiger partial charge < -0.3 is 5.11 Å². The number of carbonyl (C=O) groups is 1. The third kappa shape index (κ3) is 2.59. The van der Waals surface area contributed by atoms with E-state index in [2.05, 4.69) is 10.9 Å². The molecule has 18 heavy (non-hydrogen) atoms. The Bertz CT molecular complexity index is 459. The summed E-state index contributed by atoms with van der Waals surface area (Å²) in [4.78, 5) is 11.7. The predicted octanol–water partition coefficient (Wildman–Crippen LogP) is 1.71. The molecule has 0 aromatic heterocycles. The van der Waals surface area contributed by atoms with Crippen LogP contribution in [0.25, 0.3) is 0 Å². The van der Waals surface area contributed by atoms with Crippen LogP contribution in [0.2, 0.25) is 0 Å². The molecule has 0 spiro atoms. The monoisotopic (exact) mass is 256 g/mol. The van der Waals surface area contributed by atoms with Crippen molar-refractivity contribution in [1.82, 2.24) is 5.43 Å².